The molecule has 5 nitrogen and oxygen atoms in total. The second kappa shape index (κ2) is 6.29. The van der Waals surface area contributed by atoms with E-state index in [1.54, 1.807) is 38.1 Å². The second-order valence-electron chi connectivity index (χ2n) is 4.38. The van der Waals surface area contributed by atoms with E-state index in [2.05, 4.69) is 4.72 Å². The number of nitrogens with zero attached hydrogens (tertiary/aromatic N) is 1. The first-order valence-electron chi connectivity index (χ1n) is 5.79. The Bertz CT molecular complexity index is 459. The van der Waals surface area contributed by atoms with E-state index in [4.69, 9.17) is 0 Å². The van der Waals surface area contributed by atoms with Gasteiger partial charge in [-0.15, -0.1) is 0 Å². The normalized spacial score (nSPS) is 14.1. The average molecular weight is 272 g/mol. The van der Waals surface area contributed by atoms with Crippen molar-refractivity contribution in [2.45, 2.75) is 25.9 Å². The summed E-state index contributed by atoms with van der Waals surface area (Å²) >= 11 is 0. The summed E-state index contributed by atoms with van der Waals surface area (Å²) in [6, 6.07) is 8.23. The van der Waals surface area contributed by atoms with Gasteiger partial charge in [-0.1, -0.05) is 30.3 Å². The van der Waals surface area contributed by atoms with Gasteiger partial charge in [-0.2, -0.15) is 17.4 Å². The van der Waals surface area contributed by atoms with E-state index in [9.17, 15) is 13.5 Å². The van der Waals surface area contributed by atoms with Crippen LogP contribution in [0.4, 0.5) is 0 Å². The van der Waals surface area contributed by atoms with Gasteiger partial charge in [-0.3, -0.25) is 0 Å². The maximum atomic E-state index is 12.0. The highest BCUT2D eigenvalue weighted by Gasteiger charge is 2.24. The molecule has 0 bridgehead atoms. The monoisotopic (exact) mass is 272 g/mol. The summed E-state index contributed by atoms with van der Waals surface area (Å²) in [6.45, 7) is 3.29. The van der Waals surface area contributed by atoms with Crippen LogP contribution in [0.15, 0.2) is 30.3 Å². The average Bonchev–Trinajstić information content (AvgIpc) is 2.36. The van der Waals surface area contributed by atoms with Crippen molar-refractivity contribution in [2.24, 2.45) is 0 Å². The molecule has 0 amide bonds. The number of hydrogen-bond donors (Lipinski definition) is 2. The lowest BCUT2D eigenvalue weighted by Gasteiger charge is -2.24. The van der Waals surface area contributed by atoms with Gasteiger partial charge in [-0.05, 0) is 19.4 Å². The first-order chi connectivity index (χ1) is 8.38. The molecule has 0 aromatic heterocycles. The lowest BCUT2D eigenvalue weighted by Crippen LogP contribution is -2.44. The van der Waals surface area contributed by atoms with Crippen molar-refractivity contribution in [3.05, 3.63) is 35.9 Å². The highest BCUT2D eigenvalue weighted by molar-refractivity contribution is 7.87. The summed E-state index contributed by atoms with van der Waals surface area (Å²) in [5.41, 5.74) is 0.737. The molecule has 1 rings (SSSR count). The maximum absolute atomic E-state index is 12.0. The van der Waals surface area contributed by atoms with Gasteiger partial charge in [0.1, 0.15) is 0 Å². The number of nitrogens with one attached hydrogen (secondary N) is 1. The summed E-state index contributed by atoms with van der Waals surface area (Å²) in [7, 11) is -2.09. The van der Waals surface area contributed by atoms with E-state index >= 15 is 0 Å². The van der Waals surface area contributed by atoms with Crippen molar-refractivity contribution in [1.82, 2.24) is 9.03 Å². The molecule has 0 saturated carbocycles. The van der Waals surface area contributed by atoms with Crippen LogP contribution >= 0.6 is 0 Å². The quantitative estimate of drug-likeness (QED) is 0.808. The van der Waals surface area contributed by atoms with Crippen molar-refractivity contribution in [1.29, 1.82) is 0 Å². The molecule has 6 heteroatoms. The van der Waals surface area contributed by atoms with Gasteiger partial charge >= 0.3 is 0 Å². The third-order valence-corrected chi connectivity index (χ3v) is 4.54. The van der Waals surface area contributed by atoms with E-state index in [0.29, 0.717) is 0 Å². The van der Waals surface area contributed by atoms with Crippen molar-refractivity contribution < 1.29 is 13.5 Å². The molecule has 0 aliphatic heterocycles. The third kappa shape index (κ3) is 3.78. The van der Waals surface area contributed by atoms with E-state index < -0.39 is 16.3 Å². The lowest BCUT2D eigenvalue weighted by atomic mass is 10.1. The van der Waals surface area contributed by atoms with Crippen LogP contribution in [0.1, 0.15) is 25.5 Å². The Morgan fingerprint density at radius 1 is 1.28 bits per heavy atom. The molecule has 102 valence electrons. The summed E-state index contributed by atoms with van der Waals surface area (Å²) in [5.74, 6) is 0. The topological polar surface area (TPSA) is 69.6 Å². The summed E-state index contributed by atoms with van der Waals surface area (Å²) in [5, 5.41) is 9.32. The van der Waals surface area contributed by atoms with E-state index in [1.165, 1.54) is 11.4 Å². The smallest absolute Gasteiger partial charge is 0.280 e. The predicted octanol–water partition coefficient (Wildman–Crippen LogP) is 0.895. The van der Waals surface area contributed by atoms with Crippen LogP contribution in [0, 0.1) is 0 Å². The summed E-state index contributed by atoms with van der Waals surface area (Å²) in [4.78, 5) is 0. The minimum absolute atomic E-state index is 0.141. The predicted molar refractivity (Wildman–Crippen MR) is 71.2 cm³/mol. The van der Waals surface area contributed by atoms with Gasteiger partial charge in [0.05, 0.1) is 12.6 Å². The minimum Gasteiger partial charge on any atom is -0.394 e. The molecular weight excluding hydrogens is 252 g/mol. The fraction of sp³-hybridized carbons (Fsp3) is 0.500. The van der Waals surface area contributed by atoms with Crippen molar-refractivity contribution in [2.75, 3.05) is 13.7 Å². The Kier molecular flexibility index (Phi) is 5.28. The molecular formula is C12H20N2O3S. The van der Waals surface area contributed by atoms with Crippen LogP contribution in [0.5, 0.6) is 0 Å². The zero-order valence-electron chi connectivity index (χ0n) is 10.9. The number of benzene rings is 1. The van der Waals surface area contributed by atoms with Crippen LogP contribution in [0.2, 0.25) is 0 Å². The molecule has 0 aliphatic carbocycles. The molecule has 0 spiro atoms. The van der Waals surface area contributed by atoms with Crippen molar-refractivity contribution >= 4 is 10.2 Å². The Morgan fingerprint density at radius 3 is 2.28 bits per heavy atom. The van der Waals surface area contributed by atoms with Gasteiger partial charge < -0.3 is 5.11 Å². The van der Waals surface area contributed by atoms with Crippen LogP contribution in [0.25, 0.3) is 0 Å². The van der Waals surface area contributed by atoms with E-state index in [1.807, 2.05) is 6.07 Å². The molecule has 2 N–H and O–H groups in total. The zero-order valence-corrected chi connectivity index (χ0v) is 11.7. The Hall–Kier alpha value is -0.950. The minimum atomic E-state index is -3.60. The molecule has 18 heavy (non-hydrogen) atoms. The number of hydrogen-bond acceptors (Lipinski definition) is 3. The number of aliphatic hydroxyl groups excluding tert-OH is 1. The third-order valence-electron chi connectivity index (χ3n) is 2.78. The standard InChI is InChI=1S/C12H20N2O3S/c1-10(2)14(3)18(16,17)13-12(9-15)11-7-5-4-6-8-11/h4-8,10,12-13,15H,9H2,1-3H3. The number of rotatable bonds is 6. The van der Waals surface area contributed by atoms with E-state index in [-0.39, 0.29) is 12.6 Å². The van der Waals surface area contributed by atoms with Gasteiger partial charge in [-0.25, -0.2) is 0 Å². The molecule has 0 saturated heterocycles. The van der Waals surface area contributed by atoms with Gasteiger partial charge in [0.25, 0.3) is 10.2 Å². The largest absolute Gasteiger partial charge is 0.394 e. The SMILES string of the molecule is CC(C)N(C)S(=O)(=O)NC(CO)c1ccccc1. The fourth-order valence-electron chi connectivity index (χ4n) is 1.44. The Morgan fingerprint density at radius 2 is 1.83 bits per heavy atom. The zero-order chi connectivity index (χ0) is 13.8. The molecule has 1 aromatic carbocycles. The summed E-state index contributed by atoms with van der Waals surface area (Å²) in [6.07, 6.45) is 0. The first-order valence-corrected chi connectivity index (χ1v) is 7.23. The molecule has 1 aromatic rings. The highest BCUT2D eigenvalue weighted by Crippen LogP contribution is 2.14. The van der Waals surface area contributed by atoms with Gasteiger partial charge in [0.2, 0.25) is 0 Å². The van der Waals surface area contributed by atoms with Crippen LogP contribution < -0.4 is 4.72 Å². The van der Waals surface area contributed by atoms with Crippen LogP contribution in [-0.2, 0) is 10.2 Å². The molecule has 0 radical (unpaired) electrons. The second-order valence-corrected chi connectivity index (χ2v) is 6.14. The number of aliphatic hydroxyl groups is 1. The fourth-order valence-corrected chi connectivity index (χ4v) is 2.73. The highest BCUT2D eigenvalue weighted by atomic mass is 32.2. The Balaban J connectivity index is 2.88. The first kappa shape index (κ1) is 15.1. The molecule has 0 fully saturated rings. The van der Waals surface area contributed by atoms with Crippen LogP contribution in [-0.4, -0.2) is 37.5 Å². The Labute approximate surface area is 109 Å². The summed E-state index contributed by atoms with van der Waals surface area (Å²) < 4.78 is 27.8. The van der Waals surface area contributed by atoms with Crippen LogP contribution in [0.3, 0.4) is 0 Å². The van der Waals surface area contributed by atoms with Crippen molar-refractivity contribution in [3.63, 3.8) is 0 Å². The molecule has 0 aliphatic rings. The lowest BCUT2D eigenvalue weighted by molar-refractivity contribution is 0.255. The van der Waals surface area contributed by atoms with Gasteiger partial charge in [0.15, 0.2) is 0 Å². The maximum Gasteiger partial charge on any atom is 0.280 e. The molecule has 1 atom stereocenters. The van der Waals surface area contributed by atoms with E-state index in [0.717, 1.165) is 5.56 Å². The molecule has 0 heterocycles. The van der Waals surface area contributed by atoms with Gasteiger partial charge in [0, 0.05) is 13.1 Å². The molecule has 1 unspecified atom stereocenters. The van der Waals surface area contributed by atoms with Crippen molar-refractivity contribution in [3.8, 4) is 0 Å².